The van der Waals surface area contributed by atoms with Gasteiger partial charge in [0.15, 0.2) is 5.78 Å². The van der Waals surface area contributed by atoms with Gasteiger partial charge in [0.1, 0.15) is 17.6 Å². The zero-order valence-corrected chi connectivity index (χ0v) is 21.5. The highest BCUT2D eigenvalue weighted by Gasteiger charge is 2.50. The number of anilines is 1. The largest absolute Gasteiger partial charge is 0.465 e. The molecule has 0 unspecified atom stereocenters. The van der Waals surface area contributed by atoms with E-state index < -0.39 is 52.0 Å². The van der Waals surface area contributed by atoms with Crippen LogP contribution in [-0.4, -0.2) is 29.2 Å². The van der Waals surface area contributed by atoms with Gasteiger partial charge in [-0.15, -0.1) is 11.3 Å². The first-order valence-corrected chi connectivity index (χ1v) is 13.1. The molecule has 39 heavy (non-hydrogen) atoms. The van der Waals surface area contributed by atoms with E-state index in [1.807, 2.05) is 0 Å². The molecule has 11 heteroatoms. The van der Waals surface area contributed by atoms with Crippen molar-refractivity contribution in [3.05, 3.63) is 103 Å². The predicted molar refractivity (Wildman–Crippen MR) is 138 cm³/mol. The number of amides is 1. The number of halogens is 2. The topological polar surface area (TPSA) is 107 Å². The third-order valence-corrected chi connectivity index (χ3v) is 8.01. The molecule has 2 aliphatic rings. The maximum atomic E-state index is 15.0. The summed E-state index contributed by atoms with van der Waals surface area (Å²) in [5.41, 5.74) is 0.159. The van der Waals surface area contributed by atoms with Crippen molar-refractivity contribution in [1.29, 1.82) is 0 Å². The number of hydrogen-bond acceptors (Lipinski definition) is 7. The number of hydrogen-bond donors (Lipinski definition) is 0. The quantitative estimate of drug-likeness (QED) is 0.169. The number of carbonyl (C=O) groups is 3. The molecule has 1 aliphatic heterocycles. The van der Waals surface area contributed by atoms with Gasteiger partial charge in [-0.1, -0.05) is 18.2 Å². The number of thiophene rings is 1. The smallest absolute Gasteiger partial charge is 0.317 e. The van der Waals surface area contributed by atoms with Crippen LogP contribution in [0.4, 0.5) is 20.2 Å². The summed E-state index contributed by atoms with van der Waals surface area (Å²) in [6, 6.07) is 11.9. The Morgan fingerprint density at radius 1 is 1.13 bits per heavy atom. The highest BCUT2D eigenvalue weighted by atomic mass is 32.1. The van der Waals surface area contributed by atoms with Crippen LogP contribution >= 0.6 is 11.3 Å². The first-order valence-electron chi connectivity index (χ1n) is 12.2. The standard InChI is InChI=1S/C28H22F2N2O6S/c1-2-38-28(35)26-19(23-7-4-10-39-23)13-22-25(27(26)34)18(15-5-3-6-17(11-15)32(36)37)14-24(33)31(22)21-9-8-16(29)12-20(21)30/h3-12,18-19,26H,2,13-14H2,1H3/t18-,19+,26+/m0/s1. The third-order valence-electron chi connectivity index (χ3n) is 7.00. The molecule has 200 valence electrons. The van der Waals surface area contributed by atoms with E-state index in [0.717, 1.165) is 17.0 Å². The van der Waals surface area contributed by atoms with Crippen molar-refractivity contribution < 1.29 is 32.8 Å². The molecule has 0 N–H and O–H groups in total. The van der Waals surface area contributed by atoms with Crippen molar-refractivity contribution in [2.45, 2.75) is 31.6 Å². The van der Waals surface area contributed by atoms with Crippen LogP contribution in [-0.2, 0) is 19.1 Å². The summed E-state index contributed by atoms with van der Waals surface area (Å²) >= 11 is 1.33. The number of nitro benzene ring substituents is 1. The van der Waals surface area contributed by atoms with Gasteiger partial charge in [-0.3, -0.25) is 29.4 Å². The van der Waals surface area contributed by atoms with Crippen LogP contribution in [0.5, 0.6) is 0 Å². The Kier molecular flexibility index (Phi) is 7.09. The molecule has 0 fully saturated rings. The maximum absolute atomic E-state index is 15.0. The SMILES string of the molecule is CCOC(=O)[C@H]1C(=O)C2=C(C[C@@H]1c1cccs1)N(c1ccc(F)cc1F)C(=O)C[C@H]2c1cccc([N+](=O)[O-])c1. The number of Topliss-reactive ketones (excluding diaryl/α,β-unsaturated/α-hetero) is 1. The summed E-state index contributed by atoms with van der Waals surface area (Å²) in [5.74, 6) is -6.54. The normalized spacial score (nSPS) is 21.1. The lowest BCUT2D eigenvalue weighted by Crippen LogP contribution is -2.46. The monoisotopic (exact) mass is 552 g/mol. The molecular formula is C28H22F2N2O6S. The van der Waals surface area contributed by atoms with Crippen LogP contribution in [0.2, 0.25) is 0 Å². The molecule has 3 atom stereocenters. The molecule has 0 saturated heterocycles. The van der Waals surface area contributed by atoms with Crippen molar-refractivity contribution in [1.82, 2.24) is 0 Å². The van der Waals surface area contributed by atoms with Crippen LogP contribution in [0.15, 0.2) is 71.2 Å². The Bertz CT molecular complexity index is 1520. The molecule has 1 amide bonds. The Labute approximate surface area is 225 Å². The number of esters is 1. The van der Waals surface area contributed by atoms with E-state index in [2.05, 4.69) is 0 Å². The van der Waals surface area contributed by atoms with Crippen molar-refractivity contribution >= 4 is 40.4 Å². The molecule has 0 bridgehead atoms. The summed E-state index contributed by atoms with van der Waals surface area (Å²) in [6.45, 7) is 1.67. The molecule has 1 aromatic heterocycles. The summed E-state index contributed by atoms with van der Waals surface area (Å²) < 4.78 is 34.0. The van der Waals surface area contributed by atoms with Gasteiger partial charge in [-0.2, -0.15) is 0 Å². The van der Waals surface area contributed by atoms with E-state index in [0.29, 0.717) is 16.5 Å². The number of nitrogens with zero attached hydrogens (tertiary/aromatic N) is 2. The molecule has 0 saturated carbocycles. The fourth-order valence-corrected chi connectivity index (χ4v) is 6.25. The fraction of sp³-hybridized carbons (Fsp3) is 0.250. The molecule has 5 rings (SSSR count). The van der Waals surface area contributed by atoms with Gasteiger partial charge in [-0.25, -0.2) is 8.78 Å². The van der Waals surface area contributed by atoms with E-state index in [4.69, 9.17) is 4.74 Å². The number of nitro groups is 1. The second-order valence-electron chi connectivity index (χ2n) is 9.21. The van der Waals surface area contributed by atoms with Gasteiger partial charge in [-0.05, 0) is 42.5 Å². The van der Waals surface area contributed by atoms with E-state index in [9.17, 15) is 28.9 Å². The van der Waals surface area contributed by atoms with Gasteiger partial charge in [0.2, 0.25) is 5.91 Å². The maximum Gasteiger partial charge on any atom is 0.317 e. The van der Waals surface area contributed by atoms with Crippen molar-refractivity contribution in [2.24, 2.45) is 5.92 Å². The summed E-state index contributed by atoms with van der Waals surface area (Å²) in [4.78, 5) is 53.6. The summed E-state index contributed by atoms with van der Waals surface area (Å²) in [6.07, 6.45) is -0.305. The molecule has 8 nitrogen and oxygen atoms in total. The summed E-state index contributed by atoms with van der Waals surface area (Å²) in [7, 11) is 0. The fourth-order valence-electron chi connectivity index (χ4n) is 5.38. The average molecular weight is 553 g/mol. The van der Waals surface area contributed by atoms with Gasteiger partial charge < -0.3 is 4.74 Å². The van der Waals surface area contributed by atoms with Crippen LogP contribution in [0, 0.1) is 27.7 Å². The number of non-ortho nitro benzene ring substituents is 1. The lowest BCUT2D eigenvalue weighted by atomic mass is 9.69. The lowest BCUT2D eigenvalue weighted by Gasteiger charge is -2.42. The number of allylic oxidation sites excluding steroid dienone is 2. The molecule has 1 aliphatic carbocycles. The molecular weight excluding hydrogens is 530 g/mol. The average Bonchev–Trinajstić information content (AvgIpc) is 3.44. The number of ether oxygens (including phenoxy) is 1. The van der Waals surface area contributed by atoms with Crippen LogP contribution in [0.25, 0.3) is 0 Å². The zero-order valence-electron chi connectivity index (χ0n) is 20.6. The first-order chi connectivity index (χ1) is 18.7. The van der Waals surface area contributed by atoms with Crippen molar-refractivity contribution in [2.75, 3.05) is 11.5 Å². The minimum Gasteiger partial charge on any atom is -0.465 e. The predicted octanol–water partition coefficient (Wildman–Crippen LogP) is 5.65. The van der Waals surface area contributed by atoms with E-state index in [1.165, 1.54) is 29.5 Å². The van der Waals surface area contributed by atoms with Gasteiger partial charge in [0.25, 0.3) is 5.69 Å². The molecule has 0 spiro atoms. The van der Waals surface area contributed by atoms with E-state index in [1.54, 1.807) is 30.5 Å². The van der Waals surface area contributed by atoms with Crippen LogP contribution in [0.3, 0.4) is 0 Å². The second-order valence-corrected chi connectivity index (χ2v) is 10.2. The Balaban J connectivity index is 1.74. The van der Waals surface area contributed by atoms with Gasteiger partial charge >= 0.3 is 5.97 Å². The molecule has 2 aromatic carbocycles. The van der Waals surface area contributed by atoms with E-state index >= 15 is 4.39 Å². The van der Waals surface area contributed by atoms with Gasteiger partial charge in [0, 0.05) is 52.6 Å². The Morgan fingerprint density at radius 3 is 2.59 bits per heavy atom. The molecule has 2 heterocycles. The Morgan fingerprint density at radius 2 is 1.92 bits per heavy atom. The highest BCUT2D eigenvalue weighted by Crippen LogP contribution is 2.50. The molecule has 0 radical (unpaired) electrons. The first kappa shape index (κ1) is 26.4. The van der Waals surface area contributed by atoms with Crippen LogP contribution in [0.1, 0.15) is 42.0 Å². The number of rotatable bonds is 6. The third kappa shape index (κ3) is 4.74. The second kappa shape index (κ2) is 10.5. The highest BCUT2D eigenvalue weighted by molar-refractivity contribution is 7.10. The van der Waals surface area contributed by atoms with Crippen molar-refractivity contribution in [3.63, 3.8) is 0 Å². The van der Waals surface area contributed by atoms with Crippen LogP contribution < -0.4 is 4.90 Å². The number of carbonyl (C=O) groups excluding carboxylic acids is 3. The lowest BCUT2D eigenvalue weighted by molar-refractivity contribution is -0.384. The number of benzene rings is 2. The molecule has 3 aromatic rings. The number of ketones is 1. The zero-order chi connectivity index (χ0) is 27.8. The van der Waals surface area contributed by atoms with Crippen molar-refractivity contribution in [3.8, 4) is 0 Å². The minimum atomic E-state index is -1.23. The minimum absolute atomic E-state index is 0.0129. The van der Waals surface area contributed by atoms with E-state index in [-0.39, 0.29) is 42.1 Å². The van der Waals surface area contributed by atoms with Gasteiger partial charge in [0.05, 0.1) is 17.2 Å². The summed E-state index contributed by atoms with van der Waals surface area (Å²) in [5, 5.41) is 13.2. The Hall–Kier alpha value is -4.25.